The molecule has 0 amide bonds. The van der Waals surface area contributed by atoms with Crippen LogP contribution in [0.3, 0.4) is 0 Å². The number of nitrogens with zero attached hydrogens (tertiary/aromatic N) is 1. The summed E-state index contributed by atoms with van der Waals surface area (Å²) >= 11 is 0. The summed E-state index contributed by atoms with van der Waals surface area (Å²) in [4.78, 5) is 1.72. The molecule has 0 atom stereocenters. The fraction of sp³-hybridized carbons (Fsp3) is 1.00. The normalized spacial score (nSPS) is 21.4. The van der Waals surface area contributed by atoms with Gasteiger partial charge in [0, 0.05) is 19.7 Å². The molecule has 3 nitrogen and oxygen atoms in total. The van der Waals surface area contributed by atoms with Crippen molar-refractivity contribution >= 4 is 0 Å². The third kappa shape index (κ3) is 2.62. The quantitative estimate of drug-likeness (QED) is 0.759. The molecule has 2 N–H and O–H groups in total. The second-order valence-electron chi connectivity index (χ2n) is 3.78. The number of alkyl halides is 3. The molecule has 0 aromatic rings. The standard InChI is InChI=1S/C9H17F3N2O/c1-2-15-8(9(10,11)12)6-14(7-8)5-3-4-13/h2-7,13H2,1H3. The number of nitrogens with two attached hydrogens (primary N) is 1. The van der Waals surface area contributed by atoms with Gasteiger partial charge < -0.3 is 10.5 Å². The minimum atomic E-state index is -4.28. The van der Waals surface area contributed by atoms with Crippen LogP contribution in [0, 0.1) is 0 Å². The molecule has 1 fully saturated rings. The maximum Gasteiger partial charge on any atom is 0.419 e. The fourth-order valence-corrected chi connectivity index (χ4v) is 1.78. The molecule has 0 spiro atoms. The van der Waals surface area contributed by atoms with E-state index in [0.717, 1.165) is 6.42 Å². The van der Waals surface area contributed by atoms with Crippen LogP contribution in [0.2, 0.25) is 0 Å². The Morgan fingerprint density at radius 1 is 1.40 bits per heavy atom. The predicted molar refractivity (Wildman–Crippen MR) is 50.5 cm³/mol. The lowest BCUT2D eigenvalue weighted by Crippen LogP contribution is -2.70. The average molecular weight is 226 g/mol. The Morgan fingerprint density at radius 3 is 2.40 bits per heavy atom. The Kier molecular flexibility index (Phi) is 3.97. The number of likely N-dealkylation sites (tertiary alicyclic amines) is 1. The first kappa shape index (κ1) is 12.7. The first-order valence-electron chi connectivity index (χ1n) is 5.08. The highest BCUT2D eigenvalue weighted by atomic mass is 19.4. The Morgan fingerprint density at radius 2 is 2.00 bits per heavy atom. The van der Waals surface area contributed by atoms with Crippen LogP contribution in [-0.4, -0.2) is 49.5 Å². The maximum absolute atomic E-state index is 12.7. The van der Waals surface area contributed by atoms with Crippen molar-refractivity contribution in [2.75, 3.05) is 32.8 Å². The van der Waals surface area contributed by atoms with Crippen LogP contribution in [0.4, 0.5) is 13.2 Å². The van der Waals surface area contributed by atoms with Crippen molar-refractivity contribution in [3.63, 3.8) is 0 Å². The fourth-order valence-electron chi connectivity index (χ4n) is 1.78. The van der Waals surface area contributed by atoms with Gasteiger partial charge in [0.2, 0.25) is 0 Å². The van der Waals surface area contributed by atoms with E-state index in [4.69, 9.17) is 10.5 Å². The highest BCUT2D eigenvalue weighted by Gasteiger charge is 2.62. The van der Waals surface area contributed by atoms with E-state index in [2.05, 4.69) is 0 Å². The van der Waals surface area contributed by atoms with Crippen LogP contribution < -0.4 is 5.73 Å². The Labute approximate surface area is 87.4 Å². The van der Waals surface area contributed by atoms with Gasteiger partial charge >= 0.3 is 6.18 Å². The summed E-state index contributed by atoms with van der Waals surface area (Å²) in [7, 11) is 0. The molecular formula is C9H17F3N2O. The van der Waals surface area contributed by atoms with Crippen molar-refractivity contribution in [3.05, 3.63) is 0 Å². The van der Waals surface area contributed by atoms with Gasteiger partial charge in [0.25, 0.3) is 0 Å². The van der Waals surface area contributed by atoms with Crippen molar-refractivity contribution in [2.45, 2.75) is 25.1 Å². The molecule has 1 aliphatic heterocycles. The Balaban J connectivity index is 2.46. The zero-order valence-electron chi connectivity index (χ0n) is 8.81. The zero-order chi connectivity index (χ0) is 11.5. The van der Waals surface area contributed by atoms with E-state index in [9.17, 15) is 13.2 Å². The second-order valence-corrected chi connectivity index (χ2v) is 3.78. The highest BCUT2D eigenvalue weighted by molar-refractivity contribution is 5.02. The van der Waals surface area contributed by atoms with Gasteiger partial charge in [0.05, 0.1) is 0 Å². The van der Waals surface area contributed by atoms with Crippen LogP contribution >= 0.6 is 0 Å². The molecular weight excluding hydrogens is 209 g/mol. The van der Waals surface area contributed by atoms with Gasteiger partial charge in [-0.05, 0) is 26.4 Å². The molecule has 6 heteroatoms. The summed E-state index contributed by atoms with van der Waals surface area (Å²) in [6.07, 6.45) is -3.55. The van der Waals surface area contributed by atoms with Gasteiger partial charge in [-0.25, -0.2) is 0 Å². The summed E-state index contributed by atoms with van der Waals surface area (Å²) in [6.45, 7) is 2.65. The van der Waals surface area contributed by atoms with E-state index in [0.29, 0.717) is 13.1 Å². The molecule has 1 aliphatic rings. The van der Waals surface area contributed by atoms with Crippen molar-refractivity contribution in [2.24, 2.45) is 5.73 Å². The van der Waals surface area contributed by atoms with Crippen molar-refractivity contribution in [1.82, 2.24) is 4.90 Å². The van der Waals surface area contributed by atoms with E-state index in [1.54, 1.807) is 11.8 Å². The zero-order valence-corrected chi connectivity index (χ0v) is 8.81. The van der Waals surface area contributed by atoms with E-state index in [1.165, 1.54) is 0 Å². The molecule has 1 saturated heterocycles. The lowest BCUT2D eigenvalue weighted by atomic mass is 9.92. The van der Waals surface area contributed by atoms with Crippen LogP contribution in [0.15, 0.2) is 0 Å². The van der Waals surface area contributed by atoms with Crippen molar-refractivity contribution in [3.8, 4) is 0 Å². The van der Waals surface area contributed by atoms with Gasteiger partial charge in [-0.15, -0.1) is 0 Å². The van der Waals surface area contributed by atoms with Gasteiger partial charge in [-0.3, -0.25) is 4.90 Å². The first-order valence-corrected chi connectivity index (χ1v) is 5.08. The third-order valence-corrected chi connectivity index (χ3v) is 2.57. The van der Waals surface area contributed by atoms with E-state index in [-0.39, 0.29) is 19.7 Å². The second kappa shape index (κ2) is 4.67. The number of hydrogen-bond donors (Lipinski definition) is 1. The monoisotopic (exact) mass is 226 g/mol. The summed E-state index contributed by atoms with van der Waals surface area (Å²) in [5.41, 5.74) is 3.35. The van der Waals surface area contributed by atoms with Gasteiger partial charge in [-0.1, -0.05) is 0 Å². The molecule has 0 radical (unpaired) electrons. The molecule has 0 bridgehead atoms. The molecule has 1 heterocycles. The van der Waals surface area contributed by atoms with E-state index >= 15 is 0 Å². The number of hydrogen-bond acceptors (Lipinski definition) is 3. The Bertz CT molecular complexity index is 202. The van der Waals surface area contributed by atoms with Crippen LogP contribution in [-0.2, 0) is 4.74 Å². The molecule has 0 aromatic heterocycles. The van der Waals surface area contributed by atoms with E-state index in [1.807, 2.05) is 0 Å². The summed E-state index contributed by atoms with van der Waals surface area (Å²) in [5, 5.41) is 0. The highest BCUT2D eigenvalue weighted by Crippen LogP contribution is 2.40. The summed E-state index contributed by atoms with van der Waals surface area (Å²) < 4.78 is 42.8. The average Bonchev–Trinajstić information content (AvgIpc) is 2.06. The van der Waals surface area contributed by atoms with Crippen molar-refractivity contribution < 1.29 is 17.9 Å². The molecule has 15 heavy (non-hydrogen) atoms. The van der Waals surface area contributed by atoms with Crippen molar-refractivity contribution in [1.29, 1.82) is 0 Å². The maximum atomic E-state index is 12.7. The number of rotatable bonds is 5. The minimum Gasteiger partial charge on any atom is -0.363 e. The van der Waals surface area contributed by atoms with Gasteiger partial charge in [-0.2, -0.15) is 13.2 Å². The van der Waals surface area contributed by atoms with Gasteiger partial charge in [0.15, 0.2) is 5.60 Å². The predicted octanol–water partition coefficient (Wildman–Crippen LogP) is 0.988. The summed E-state index contributed by atoms with van der Waals surface area (Å²) in [5.74, 6) is 0. The topological polar surface area (TPSA) is 38.5 Å². The lowest BCUT2D eigenvalue weighted by Gasteiger charge is -2.50. The molecule has 0 aromatic carbocycles. The van der Waals surface area contributed by atoms with Crippen LogP contribution in [0.25, 0.3) is 0 Å². The minimum absolute atomic E-state index is 0.0651. The van der Waals surface area contributed by atoms with Crippen LogP contribution in [0.5, 0.6) is 0 Å². The molecule has 0 unspecified atom stereocenters. The Hall–Kier alpha value is -0.330. The number of ether oxygens (including phenoxy) is 1. The molecule has 1 rings (SSSR count). The molecule has 0 saturated carbocycles. The molecule has 0 aliphatic carbocycles. The molecule has 90 valence electrons. The summed E-state index contributed by atoms with van der Waals surface area (Å²) in [6, 6.07) is 0. The van der Waals surface area contributed by atoms with Crippen LogP contribution in [0.1, 0.15) is 13.3 Å². The SMILES string of the molecule is CCOC1(C(F)(F)F)CN(CCCN)C1. The number of halogens is 3. The first-order chi connectivity index (χ1) is 6.95. The smallest absolute Gasteiger partial charge is 0.363 e. The van der Waals surface area contributed by atoms with E-state index < -0.39 is 11.8 Å². The third-order valence-electron chi connectivity index (χ3n) is 2.57. The lowest BCUT2D eigenvalue weighted by molar-refractivity contribution is -0.317. The van der Waals surface area contributed by atoms with Gasteiger partial charge in [0.1, 0.15) is 0 Å². The largest absolute Gasteiger partial charge is 0.419 e.